The van der Waals surface area contributed by atoms with Gasteiger partial charge in [0, 0.05) is 34.4 Å². The van der Waals surface area contributed by atoms with Crippen molar-refractivity contribution in [3.63, 3.8) is 0 Å². The smallest absolute Gasteiger partial charge is 0.251 e. The molecule has 0 spiro atoms. The molecule has 9 heteroatoms. The van der Waals surface area contributed by atoms with Crippen molar-refractivity contribution in [2.24, 2.45) is 5.14 Å². The number of halogens is 1. The Labute approximate surface area is 125 Å². The second-order valence-electron chi connectivity index (χ2n) is 4.76. The zero-order valence-electron chi connectivity index (χ0n) is 11.8. The van der Waals surface area contributed by atoms with Crippen molar-refractivity contribution in [2.45, 2.75) is 24.8 Å². The van der Waals surface area contributed by atoms with Crippen LogP contribution in [0.15, 0.2) is 17.0 Å². The fourth-order valence-electron chi connectivity index (χ4n) is 1.78. The van der Waals surface area contributed by atoms with E-state index in [4.69, 9.17) is 5.14 Å². The number of amides is 1. The minimum Gasteiger partial charge on any atom is -0.349 e. The van der Waals surface area contributed by atoms with E-state index in [-0.39, 0.29) is 22.9 Å². The number of carbonyl (C=O) groups excluding carboxylic acids is 1. The van der Waals surface area contributed by atoms with Gasteiger partial charge in [-0.25, -0.2) is 17.9 Å². The van der Waals surface area contributed by atoms with E-state index in [1.807, 2.05) is 0 Å². The van der Waals surface area contributed by atoms with Gasteiger partial charge in [-0.2, -0.15) is 0 Å². The first kappa shape index (κ1) is 17.7. The second-order valence-corrected chi connectivity index (χ2v) is 7.77. The first-order valence-electron chi connectivity index (χ1n) is 5.96. The maximum absolute atomic E-state index is 13.7. The summed E-state index contributed by atoms with van der Waals surface area (Å²) in [6, 6.07) is 1.75. The molecule has 1 amide bonds. The Balaban J connectivity index is 3.12. The lowest BCUT2D eigenvalue weighted by atomic mass is 10.1. The number of rotatable bonds is 5. The van der Waals surface area contributed by atoms with Crippen LogP contribution in [0, 0.1) is 12.7 Å². The third kappa shape index (κ3) is 4.87. The van der Waals surface area contributed by atoms with Crippen LogP contribution in [0.1, 0.15) is 22.8 Å². The molecule has 0 radical (unpaired) electrons. The molecular formula is C12H17FN2O4S2. The van der Waals surface area contributed by atoms with Gasteiger partial charge in [0.2, 0.25) is 10.0 Å². The average molecular weight is 336 g/mol. The number of primary sulfonamides is 1. The second kappa shape index (κ2) is 6.63. The molecule has 3 N–H and O–H groups in total. The lowest BCUT2D eigenvalue weighted by molar-refractivity contribution is 0.0943. The molecule has 0 saturated heterocycles. The molecule has 118 valence electrons. The van der Waals surface area contributed by atoms with Crippen LogP contribution in [0.25, 0.3) is 0 Å². The van der Waals surface area contributed by atoms with Gasteiger partial charge >= 0.3 is 0 Å². The molecule has 0 fully saturated rings. The van der Waals surface area contributed by atoms with Crippen molar-refractivity contribution in [2.75, 3.05) is 12.0 Å². The Bertz CT molecular complexity index is 689. The maximum atomic E-state index is 13.7. The fraction of sp³-hybridized carbons (Fsp3) is 0.417. The Morgan fingerprint density at radius 1 is 1.48 bits per heavy atom. The molecule has 0 aliphatic rings. The highest BCUT2D eigenvalue weighted by Crippen LogP contribution is 2.19. The zero-order valence-corrected chi connectivity index (χ0v) is 13.5. The summed E-state index contributed by atoms with van der Waals surface area (Å²) < 4.78 is 47.4. The van der Waals surface area contributed by atoms with Crippen molar-refractivity contribution in [1.82, 2.24) is 5.32 Å². The largest absolute Gasteiger partial charge is 0.349 e. The molecule has 1 aromatic carbocycles. The number of nitrogens with one attached hydrogen (secondary N) is 1. The number of carbonyl (C=O) groups is 1. The van der Waals surface area contributed by atoms with E-state index in [2.05, 4.69) is 5.32 Å². The molecular weight excluding hydrogens is 319 g/mol. The third-order valence-electron chi connectivity index (χ3n) is 2.65. The van der Waals surface area contributed by atoms with E-state index in [0.717, 1.165) is 6.07 Å². The molecule has 0 saturated carbocycles. The lowest BCUT2D eigenvalue weighted by Crippen LogP contribution is -2.36. The van der Waals surface area contributed by atoms with Gasteiger partial charge in [-0.3, -0.25) is 9.00 Å². The Morgan fingerprint density at radius 3 is 2.52 bits per heavy atom. The van der Waals surface area contributed by atoms with Gasteiger partial charge < -0.3 is 5.32 Å². The first-order valence-corrected chi connectivity index (χ1v) is 9.23. The molecule has 6 nitrogen and oxygen atoms in total. The topological polar surface area (TPSA) is 106 Å². The summed E-state index contributed by atoms with van der Waals surface area (Å²) in [6.45, 7) is 3.00. The highest BCUT2D eigenvalue weighted by Gasteiger charge is 2.20. The molecule has 0 aromatic heterocycles. The first-order chi connectivity index (χ1) is 9.52. The highest BCUT2D eigenvalue weighted by molar-refractivity contribution is 7.89. The number of nitrogens with two attached hydrogens (primary N) is 1. The predicted octanol–water partition coefficient (Wildman–Crippen LogP) is 0.278. The van der Waals surface area contributed by atoms with Crippen molar-refractivity contribution >= 4 is 26.7 Å². The van der Waals surface area contributed by atoms with Crippen molar-refractivity contribution in [3.8, 4) is 0 Å². The van der Waals surface area contributed by atoms with Crippen LogP contribution < -0.4 is 10.5 Å². The lowest BCUT2D eigenvalue weighted by Gasteiger charge is -2.13. The van der Waals surface area contributed by atoms with Crippen LogP contribution in [0.5, 0.6) is 0 Å². The van der Waals surface area contributed by atoms with Crippen LogP contribution in [-0.2, 0) is 20.8 Å². The molecule has 0 aliphatic carbocycles. The minimum atomic E-state index is -4.26. The Hall–Kier alpha value is -1.32. The third-order valence-corrected chi connectivity index (χ3v) is 4.53. The quantitative estimate of drug-likeness (QED) is 0.805. The van der Waals surface area contributed by atoms with Gasteiger partial charge in [0.1, 0.15) is 10.7 Å². The van der Waals surface area contributed by atoms with E-state index in [0.29, 0.717) is 0 Å². The summed E-state index contributed by atoms with van der Waals surface area (Å²) in [5, 5.41) is 7.49. The molecule has 0 bridgehead atoms. The standard InChI is InChI=1S/C12H17FN2O4S2/c1-7-4-9(5-10(11(7)13)21(14,18)19)12(16)15-8(2)6-20(3)17/h4-5,8H,6H2,1-3H3,(H,15,16)(H2,14,18,19). The van der Waals surface area contributed by atoms with Gasteiger partial charge in [0.25, 0.3) is 5.91 Å². The molecule has 0 heterocycles. The number of hydrogen-bond donors (Lipinski definition) is 2. The summed E-state index contributed by atoms with van der Waals surface area (Å²) >= 11 is 0. The fourth-order valence-corrected chi connectivity index (χ4v) is 3.27. The molecule has 21 heavy (non-hydrogen) atoms. The van der Waals surface area contributed by atoms with E-state index >= 15 is 0 Å². The van der Waals surface area contributed by atoms with E-state index < -0.39 is 37.4 Å². The Morgan fingerprint density at radius 2 is 2.05 bits per heavy atom. The predicted molar refractivity (Wildman–Crippen MR) is 78.4 cm³/mol. The molecule has 0 aliphatic heterocycles. The van der Waals surface area contributed by atoms with Gasteiger partial charge in [0.15, 0.2) is 0 Å². The molecule has 2 atom stereocenters. The number of benzene rings is 1. The molecule has 2 unspecified atom stereocenters. The summed E-state index contributed by atoms with van der Waals surface area (Å²) in [7, 11) is -5.35. The number of aryl methyl sites for hydroxylation is 1. The van der Waals surface area contributed by atoms with Gasteiger partial charge in [-0.05, 0) is 31.5 Å². The Kier molecular flexibility index (Phi) is 5.60. The number of sulfonamides is 1. The normalized spacial score (nSPS) is 14.5. The maximum Gasteiger partial charge on any atom is 0.251 e. The van der Waals surface area contributed by atoms with E-state index in [1.165, 1.54) is 19.2 Å². The van der Waals surface area contributed by atoms with E-state index in [1.54, 1.807) is 6.92 Å². The van der Waals surface area contributed by atoms with Crippen LogP contribution in [-0.4, -0.2) is 36.6 Å². The van der Waals surface area contributed by atoms with Crippen LogP contribution in [0.2, 0.25) is 0 Å². The average Bonchev–Trinajstić information content (AvgIpc) is 2.29. The van der Waals surface area contributed by atoms with Gasteiger partial charge in [-0.1, -0.05) is 0 Å². The van der Waals surface area contributed by atoms with Gasteiger partial charge in [-0.15, -0.1) is 0 Å². The van der Waals surface area contributed by atoms with Crippen LogP contribution in [0.4, 0.5) is 4.39 Å². The van der Waals surface area contributed by atoms with Crippen molar-refractivity contribution < 1.29 is 21.8 Å². The monoisotopic (exact) mass is 336 g/mol. The summed E-state index contributed by atoms with van der Waals surface area (Å²) in [5.41, 5.74) is -0.0231. The zero-order chi connectivity index (χ0) is 16.4. The summed E-state index contributed by atoms with van der Waals surface area (Å²) in [4.78, 5) is 11.3. The van der Waals surface area contributed by atoms with Crippen LogP contribution in [0.3, 0.4) is 0 Å². The number of hydrogen-bond acceptors (Lipinski definition) is 4. The summed E-state index contributed by atoms with van der Waals surface area (Å²) in [6.07, 6.45) is 1.50. The van der Waals surface area contributed by atoms with Crippen LogP contribution >= 0.6 is 0 Å². The highest BCUT2D eigenvalue weighted by atomic mass is 32.2. The van der Waals surface area contributed by atoms with E-state index in [9.17, 15) is 21.8 Å². The molecule has 1 aromatic rings. The van der Waals surface area contributed by atoms with Crippen molar-refractivity contribution in [3.05, 3.63) is 29.1 Å². The molecule has 1 rings (SSSR count). The van der Waals surface area contributed by atoms with Crippen molar-refractivity contribution in [1.29, 1.82) is 0 Å². The minimum absolute atomic E-state index is 0.00149. The summed E-state index contributed by atoms with van der Waals surface area (Å²) in [5.74, 6) is -1.30. The SMILES string of the molecule is Cc1cc(C(=O)NC(C)CS(C)=O)cc(S(N)(=O)=O)c1F. The van der Waals surface area contributed by atoms with Gasteiger partial charge in [0.05, 0.1) is 0 Å².